The van der Waals surface area contributed by atoms with Crippen LogP contribution >= 0.6 is 0 Å². The van der Waals surface area contributed by atoms with E-state index in [9.17, 15) is 4.79 Å². The van der Waals surface area contributed by atoms with Crippen LogP contribution in [0.4, 0.5) is 0 Å². The number of rotatable bonds is 9. The molecule has 0 saturated carbocycles. The second kappa shape index (κ2) is 10.2. The summed E-state index contributed by atoms with van der Waals surface area (Å²) < 4.78 is 11.1. The summed E-state index contributed by atoms with van der Waals surface area (Å²) in [6, 6.07) is 12.9. The van der Waals surface area contributed by atoms with Gasteiger partial charge in [0.05, 0.1) is 19.9 Å². The maximum Gasteiger partial charge on any atom is 0.271 e. The van der Waals surface area contributed by atoms with Gasteiger partial charge < -0.3 is 9.47 Å². The van der Waals surface area contributed by atoms with Gasteiger partial charge in [0.25, 0.3) is 5.91 Å². The van der Waals surface area contributed by atoms with Crippen molar-refractivity contribution in [1.29, 1.82) is 0 Å². The minimum absolute atomic E-state index is 0.243. The van der Waals surface area contributed by atoms with Gasteiger partial charge >= 0.3 is 0 Å². The standard InChI is InChI=1S/C21H26N2O3/c1-4-5-6-12-26-19-11-10-17(14-20(19)25-3)15-22-23-21(24)18-9-7-8-16(2)13-18/h7-11,13-15H,4-6,12H2,1-3H3,(H,23,24)/b22-15+. The molecule has 5 heteroatoms. The molecule has 0 aliphatic heterocycles. The van der Waals surface area contributed by atoms with Gasteiger partial charge in [-0.05, 0) is 49.2 Å². The van der Waals surface area contributed by atoms with Crippen LogP contribution in [0.25, 0.3) is 0 Å². The number of amides is 1. The second-order valence-corrected chi connectivity index (χ2v) is 6.03. The lowest BCUT2D eigenvalue weighted by molar-refractivity contribution is 0.0955. The van der Waals surface area contributed by atoms with Crippen molar-refractivity contribution >= 4 is 12.1 Å². The number of benzene rings is 2. The number of methoxy groups -OCH3 is 1. The molecule has 1 N–H and O–H groups in total. The van der Waals surface area contributed by atoms with Crippen LogP contribution in [0.5, 0.6) is 11.5 Å². The van der Waals surface area contributed by atoms with E-state index in [1.165, 1.54) is 0 Å². The molecule has 26 heavy (non-hydrogen) atoms. The number of carbonyl (C=O) groups is 1. The molecular weight excluding hydrogens is 328 g/mol. The third-order valence-corrected chi connectivity index (χ3v) is 3.85. The number of hydrazone groups is 1. The van der Waals surface area contributed by atoms with Crippen LogP contribution in [0.15, 0.2) is 47.6 Å². The number of ether oxygens (including phenoxy) is 2. The van der Waals surface area contributed by atoms with Gasteiger partial charge in [0.1, 0.15) is 0 Å². The molecule has 0 fully saturated rings. The van der Waals surface area contributed by atoms with E-state index in [4.69, 9.17) is 9.47 Å². The van der Waals surface area contributed by atoms with Crippen molar-refractivity contribution in [2.75, 3.05) is 13.7 Å². The van der Waals surface area contributed by atoms with Gasteiger partial charge in [-0.1, -0.05) is 37.5 Å². The zero-order chi connectivity index (χ0) is 18.8. The van der Waals surface area contributed by atoms with Crippen LogP contribution in [0.2, 0.25) is 0 Å². The minimum Gasteiger partial charge on any atom is -0.493 e. The van der Waals surface area contributed by atoms with Gasteiger partial charge in [0.15, 0.2) is 11.5 Å². The van der Waals surface area contributed by atoms with Crippen molar-refractivity contribution in [2.24, 2.45) is 5.10 Å². The number of carbonyl (C=O) groups excluding carboxylic acids is 1. The molecule has 1 amide bonds. The van der Waals surface area contributed by atoms with Gasteiger partial charge in [-0.3, -0.25) is 4.79 Å². The quantitative estimate of drug-likeness (QED) is 0.414. The van der Waals surface area contributed by atoms with Crippen LogP contribution in [0.1, 0.15) is 47.7 Å². The van der Waals surface area contributed by atoms with Crippen LogP contribution < -0.4 is 14.9 Å². The molecule has 2 aromatic rings. The van der Waals surface area contributed by atoms with Gasteiger partial charge in [-0.15, -0.1) is 0 Å². The number of nitrogens with one attached hydrogen (secondary N) is 1. The average Bonchev–Trinajstić information content (AvgIpc) is 2.65. The molecule has 0 heterocycles. The van der Waals surface area contributed by atoms with E-state index in [1.54, 1.807) is 19.4 Å². The van der Waals surface area contributed by atoms with Crippen LogP contribution in [0, 0.1) is 6.92 Å². The highest BCUT2D eigenvalue weighted by atomic mass is 16.5. The zero-order valence-electron chi connectivity index (χ0n) is 15.6. The molecule has 0 bridgehead atoms. The first-order chi connectivity index (χ1) is 12.6. The highest BCUT2D eigenvalue weighted by Crippen LogP contribution is 2.27. The predicted molar refractivity (Wildman–Crippen MR) is 104 cm³/mol. The second-order valence-electron chi connectivity index (χ2n) is 6.03. The molecule has 0 aliphatic carbocycles. The number of hydrogen-bond donors (Lipinski definition) is 1. The van der Waals surface area contributed by atoms with Crippen molar-refractivity contribution in [3.8, 4) is 11.5 Å². The summed E-state index contributed by atoms with van der Waals surface area (Å²) in [5.74, 6) is 1.12. The smallest absolute Gasteiger partial charge is 0.271 e. The van der Waals surface area contributed by atoms with Crippen LogP contribution in [-0.2, 0) is 0 Å². The van der Waals surface area contributed by atoms with E-state index < -0.39 is 0 Å². The maximum absolute atomic E-state index is 12.1. The lowest BCUT2D eigenvalue weighted by Crippen LogP contribution is -2.17. The zero-order valence-corrected chi connectivity index (χ0v) is 15.6. The fourth-order valence-corrected chi connectivity index (χ4v) is 2.43. The van der Waals surface area contributed by atoms with E-state index >= 15 is 0 Å². The van der Waals surface area contributed by atoms with E-state index in [1.807, 2.05) is 43.3 Å². The summed E-state index contributed by atoms with van der Waals surface area (Å²) in [5.41, 5.74) is 4.95. The number of aryl methyl sites for hydroxylation is 1. The monoisotopic (exact) mass is 354 g/mol. The molecule has 0 spiro atoms. The normalized spacial score (nSPS) is 10.7. The summed E-state index contributed by atoms with van der Waals surface area (Å²) >= 11 is 0. The summed E-state index contributed by atoms with van der Waals surface area (Å²) in [6.45, 7) is 4.77. The minimum atomic E-state index is -0.243. The number of hydrogen-bond acceptors (Lipinski definition) is 4. The first-order valence-electron chi connectivity index (χ1n) is 8.85. The Hall–Kier alpha value is -2.82. The molecule has 0 aliphatic rings. The molecule has 0 saturated heterocycles. The molecule has 138 valence electrons. The SMILES string of the molecule is CCCCCOc1ccc(/C=N/NC(=O)c2cccc(C)c2)cc1OC. The topological polar surface area (TPSA) is 59.9 Å². The highest BCUT2D eigenvalue weighted by Gasteiger charge is 2.06. The Morgan fingerprint density at radius 3 is 2.73 bits per heavy atom. The number of unbranched alkanes of at least 4 members (excludes halogenated alkanes) is 2. The van der Waals surface area contributed by atoms with Gasteiger partial charge in [0.2, 0.25) is 0 Å². The Labute approximate surface area is 155 Å². The molecule has 0 aromatic heterocycles. The van der Waals surface area contributed by atoms with Crippen molar-refractivity contribution in [3.63, 3.8) is 0 Å². The summed E-state index contributed by atoms with van der Waals surface area (Å²) in [5, 5.41) is 4.02. The molecule has 0 radical (unpaired) electrons. The van der Waals surface area contributed by atoms with E-state index in [-0.39, 0.29) is 5.91 Å². The van der Waals surface area contributed by atoms with Crippen molar-refractivity contribution < 1.29 is 14.3 Å². The first-order valence-corrected chi connectivity index (χ1v) is 8.85. The Balaban J connectivity index is 1.96. The molecule has 5 nitrogen and oxygen atoms in total. The third kappa shape index (κ3) is 5.92. The average molecular weight is 354 g/mol. The number of nitrogens with zero attached hydrogens (tertiary/aromatic N) is 1. The van der Waals surface area contributed by atoms with E-state index in [0.29, 0.717) is 23.7 Å². The largest absolute Gasteiger partial charge is 0.493 e. The Morgan fingerprint density at radius 1 is 1.15 bits per heavy atom. The maximum atomic E-state index is 12.1. The van der Waals surface area contributed by atoms with Gasteiger partial charge in [-0.25, -0.2) is 5.43 Å². The molecule has 0 unspecified atom stereocenters. The Kier molecular flexibility index (Phi) is 7.68. The third-order valence-electron chi connectivity index (χ3n) is 3.85. The van der Waals surface area contributed by atoms with E-state index in [2.05, 4.69) is 17.5 Å². The predicted octanol–water partition coefficient (Wildman–Crippen LogP) is 4.34. The van der Waals surface area contributed by atoms with Gasteiger partial charge in [-0.2, -0.15) is 5.10 Å². The summed E-state index contributed by atoms with van der Waals surface area (Å²) in [4.78, 5) is 12.1. The molecule has 2 rings (SSSR count). The molecule has 2 aromatic carbocycles. The van der Waals surface area contributed by atoms with E-state index in [0.717, 1.165) is 30.4 Å². The van der Waals surface area contributed by atoms with Crippen molar-refractivity contribution in [1.82, 2.24) is 5.43 Å². The van der Waals surface area contributed by atoms with Gasteiger partial charge in [0, 0.05) is 5.56 Å². The van der Waals surface area contributed by atoms with Crippen molar-refractivity contribution in [2.45, 2.75) is 33.1 Å². The lowest BCUT2D eigenvalue weighted by Gasteiger charge is -2.11. The molecule has 0 atom stereocenters. The summed E-state index contributed by atoms with van der Waals surface area (Å²) in [7, 11) is 1.61. The van der Waals surface area contributed by atoms with Crippen LogP contribution in [-0.4, -0.2) is 25.8 Å². The Morgan fingerprint density at radius 2 is 2.00 bits per heavy atom. The summed E-state index contributed by atoms with van der Waals surface area (Å²) in [6.07, 6.45) is 4.91. The lowest BCUT2D eigenvalue weighted by atomic mass is 10.1. The fourth-order valence-electron chi connectivity index (χ4n) is 2.43. The van der Waals surface area contributed by atoms with Crippen molar-refractivity contribution in [3.05, 3.63) is 59.2 Å². The fraction of sp³-hybridized carbons (Fsp3) is 0.333. The van der Waals surface area contributed by atoms with Crippen LogP contribution in [0.3, 0.4) is 0 Å². The first kappa shape index (κ1) is 19.5. The molecular formula is C21H26N2O3. The highest BCUT2D eigenvalue weighted by molar-refractivity contribution is 5.95. The Bertz CT molecular complexity index is 757.